The molecule has 0 aromatic rings. The van der Waals surface area contributed by atoms with Crippen LogP contribution in [-0.4, -0.2) is 47.8 Å². The van der Waals surface area contributed by atoms with Gasteiger partial charge in [-0.1, -0.05) is 0 Å². The van der Waals surface area contributed by atoms with Crippen LogP contribution in [0.2, 0.25) is 0 Å². The predicted octanol–water partition coefficient (Wildman–Crippen LogP) is 1.85. The summed E-state index contributed by atoms with van der Waals surface area (Å²) in [6.45, 7) is 6.84. The van der Waals surface area contributed by atoms with E-state index in [9.17, 15) is 9.59 Å². The van der Waals surface area contributed by atoms with Gasteiger partial charge in [0.1, 0.15) is 5.60 Å². The van der Waals surface area contributed by atoms with Gasteiger partial charge in [0, 0.05) is 25.2 Å². The molecule has 0 atom stereocenters. The first-order valence-corrected chi connectivity index (χ1v) is 7.38. The number of hydrogen-bond acceptors (Lipinski definition) is 3. The van der Waals surface area contributed by atoms with Crippen LogP contribution in [0.3, 0.4) is 0 Å². The van der Waals surface area contributed by atoms with Crippen molar-refractivity contribution in [2.45, 2.75) is 64.1 Å². The van der Waals surface area contributed by atoms with E-state index >= 15 is 0 Å². The summed E-state index contributed by atoms with van der Waals surface area (Å²) in [4.78, 5) is 25.2. The Hall–Kier alpha value is -1.46. The van der Waals surface area contributed by atoms with Gasteiger partial charge in [-0.2, -0.15) is 0 Å². The minimum atomic E-state index is -0.462. The van der Waals surface area contributed by atoms with E-state index < -0.39 is 5.60 Å². The number of ether oxygens (including phenoxy) is 1. The minimum absolute atomic E-state index is 0.0804. The van der Waals surface area contributed by atoms with Crippen LogP contribution >= 0.6 is 0 Å². The van der Waals surface area contributed by atoms with Gasteiger partial charge in [-0.25, -0.2) is 9.59 Å². The van der Waals surface area contributed by atoms with Crippen molar-refractivity contribution >= 4 is 12.1 Å². The molecule has 1 aliphatic carbocycles. The smallest absolute Gasteiger partial charge is 0.410 e. The van der Waals surface area contributed by atoms with Crippen molar-refractivity contribution in [1.29, 1.82) is 0 Å². The van der Waals surface area contributed by atoms with Gasteiger partial charge in [-0.3, -0.25) is 0 Å². The molecule has 1 saturated heterocycles. The van der Waals surface area contributed by atoms with E-state index in [-0.39, 0.29) is 18.2 Å². The maximum Gasteiger partial charge on any atom is 0.410 e. The van der Waals surface area contributed by atoms with Crippen LogP contribution in [0.25, 0.3) is 0 Å². The molecule has 2 aliphatic rings. The molecule has 1 heterocycles. The molecular weight excluding hydrogens is 258 g/mol. The highest BCUT2D eigenvalue weighted by molar-refractivity contribution is 5.75. The topological polar surface area (TPSA) is 70.7 Å². The number of nitrogens with zero attached hydrogens (tertiary/aromatic N) is 1. The summed E-state index contributed by atoms with van der Waals surface area (Å²) in [5, 5.41) is 5.88. The number of carbonyl (C=O) groups is 2. The molecule has 0 radical (unpaired) electrons. The first kappa shape index (κ1) is 14.9. The fraction of sp³-hybridized carbons (Fsp3) is 0.857. The number of piperidine rings is 1. The molecule has 2 fully saturated rings. The van der Waals surface area contributed by atoms with Crippen molar-refractivity contribution in [3.8, 4) is 0 Å². The molecule has 0 unspecified atom stereocenters. The summed E-state index contributed by atoms with van der Waals surface area (Å²) in [7, 11) is 0. The van der Waals surface area contributed by atoms with Crippen molar-refractivity contribution in [2.75, 3.05) is 13.1 Å². The van der Waals surface area contributed by atoms with Gasteiger partial charge in [-0.05, 0) is 46.5 Å². The second-order valence-corrected chi connectivity index (χ2v) is 6.63. The average molecular weight is 283 g/mol. The van der Waals surface area contributed by atoms with Gasteiger partial charge >= 0.3 is 12.1 Å². The van der Waals surface area contributed by atoms with Crippen molar-refractivity contribution in [3.63, 3.8) is 0 Å². The Morgan fingerprint density at radius 2 is 1.50 bits per heavy atom. The van der Waals surface area contributed by atoms with Crippen molar-refractivity contribution in [3.05, 3.63) is 0 Å². The molecule has 1 aliphatic heterocycles. The van der Waals surface area contributed by atoms with Crippen LogP contribution in [-0.2, 0) is 4.74 Å². The Bertz CT molecular complexity index is 366. The molecular formula is C14H25N3O3. The van der Waals surface area contributed by atoms with Gasteiger partial charge in [0.25, 0.3) is 0 Å². The second kappa shape index (κ2) is 5.89. The molecule has 1 saturated carbocycles. The molecule has 6 nitrogen and oxygen atoms in total. The molecule has 0 bridgehead atoms. The van der Waals surface area contributed by atoms with E-state index in [1.54, 1.807) is 4.90 Å². The quantitative estimate of drug-likeness (QED) is 0.812. The Morgan fingerprint density at radius 3 is 1.95 bits per heavy atom. The first-order chi connectivity index (χ1) is 9.33. The number of carbonyl (C=O) groups excluding carboxylic acids is 2. The van der Waals surface area contributed by atoms with Gasteiger partial charge in [0.05, 0.1) is 0 Å². The van der Waals surface area contributed by atoms with E-state index in [1.165, 1.54) is 0 Å². The SMILES string of the molecule is CC(C)(C)OC(=O)N1CCC(NC(=O)NC2CC2)CC1. The summed E-state index contributed by atoms with van der Waals surface area (Å²) in [6, 6.07) is 0.438. The Labute approximate surface area is 120 Å². The van der Waals surface area contributed by atoms with E-state index in [4.69, 9.17) is 4.74 Å². The molecule has 114 valence electrons. The Kier molecular flexibility index (Phi) is 4.40. The fourth-order valence-corrected chi connectivity index (χ4v) is 2.17. The monoisotopic (exact) mass is 283 g/mol. The summed E-state index contributed by atoms with van der Waals surface area (Å²) in [5.41, 5.74) is -0.462. The lowest BCUT2D eigenvalue weighted by molar-refractivity contribution is 0.0201. The third kappa shape index (κ3) is 4.90. The molecule has 6 heteroatoms. The van der Waals surface area contributed by atoms with Crippen LogP contribution in [0, 0.1) is 0 Å². The number of urea groups is 1. The number of nitrogens with one attached hydrogen (secondary N) is 2. The largest absolute Gasteiger partial charge is 0.444 e. The van der Waals surface area contributed by atoms with Gasteiger partial charge < -0.3 is 20.3 Å². The minimum Gasteiger partial charge on any atom is -0.444 e. The standard InChI is InChI=1S/C14H25N3O3/c1-14(2,3)20-13(19)17-8-6-11(7-9-17)16-12(18)15-10-4-5-10/h10-11H,4-9H2,1-3H3,(H2,15,16,18). The molecule has 0 spiro atoms. The van der Waals surface area contributed by atoms with Crippen molar-refractivity contribution < 1.29 is 14.3 Å². The molecule has 3 amide bonds. The third-order valence-electron chi connectivity index (χ3n) is 3.39. The van der Waals surface area contributed by atoms with Gasteiger partial charge in [0.2, 0.25) is 0 Å². The zero-order chi connectivity index (χ0) is 14.8. The third-order valence-corrected chi connectivity index (χ3v) is 3.39. The molecule has 20 heavy (non-hydrogen) atoms. The zero-order valence-corrected chi connectivity index (χ0v) is 12.6. The molecule has 2 rings (SSSR count). The lowest BCUT2D eigenvalue weighted by atomic mass is 10.1. The lowest BCUT2D eigenvalue weighted by Gasteiger charge is -2.33. The van der Waals surface area contributed by atoms with E-state index in [0.717, 1.165) is 25.7 Å². The Balaban J connectivity index is 1.68. The fourth-order valence-electron chi connectivity index (χ4n) is 2.17. The maximum atomic E-state index is 11.9. The van der Waals surface area contributed by atoms with Gasteiger partial charge in [0.15, 0.2) is 0 Å². The average Bonchev–Trinajstić information content (AvgIpc) is 3.11. The number of amides is 3. The van der Waals surface area contributed by atoms with E-state index in [2.05, 4.69) is 10.6 Å². The Morgan fingerprint density at radius 1 is 1.00 bits per heavy atom. The van der Waals surface area contributed by atoms with Crippen LogP contribution in [0.1, 0.15) is 46.5 Å². The van der Waals surface area contributed by atoms with E-state index in [1.807, 2.05) is 20.8 Å². The molecule has 2 N–H and O–H groups in total. The summed E-state index contributed by atoms with van der Waals surface area (Å²) in [5.74, 6) is 0. The van der Waals surface area contributed by atoms with Crippen molar-refractivity contribution in [1.82, 2.24) is 15.5 Å². The first-order valence-electron chi connectivity index (χ1n) is 7.38. The van der Waals surface area contributed by atoms with Crippen LogP contribution in [0.15, 0.2) is 0 Å². The van der Waals surface area contributed by atoms with Gasteiger partial charge in [-0.15, -0.1) is 0 Å². The predicted molar refractivity (Wildman–Crippen MR) is 75.5 cm³/mol. The number of rotatable bonds is 2. The summed E-state index contributed by atoms with van der Waals surface area (Å²) < 4.78 is 5.34. The number of likely N-dealkylation sites (tertiary alicyclic amines) is 1. The summed E-state index contributed by atoms with van der Waals surface area (Å²) in [6.07, 6.45) is 3.46. The zero-order valence-electron chi connectivity index (χ0n) is 12.6. The molecule has 0 aromatic heterocycles. The van der Waals surface area contributed by atoms with Crippen LogP contribution in [0.5, 0.6) is 0 Å². The lowest BCUT2D eigenvalue weighted by Crippen LogP contribution is -2.50. The maximum absolute atomic E-state index is 11.9. The van der Waals surface area contributed by atoms with E-state index in [0.29, 0.717) is 19.1 Å². The molecule has 0 aromatic carbocycles. The van der Waals surface area contributed by atoms with Crippen LogP contribution < -0.4 is 10.6 Å². The highest BCUT2D eigenvalue weighted by atomic mass is 16.6. The van der Waals surface area contributed by atoms with Crippen LogP contribution in [0.4, 0.5) is 9.59 Å². The number of hydrogen-bond donors (Lipinski definition) is 2. The highest BCUT2D eigenvalue weighted by Gasteiger charge is 2.28. The normalized spacial score (nSPS) is 20.4. The van der Waals surface area contributed by atoms with Crippen molar-refractivity contribution in [2.24, 2.45) is 0 Å². The summed E-state index contributed by atoms with van der Waals surface area (Å²) >= 11 is 0. The second-order valence-electron chi connectivity index (χ2n) is 6.63. The highest BCUT2D eigenvalue weighted by Crippen LogP contribution is 2.19.